The summed E-state index contributed by atoms with van der Waals surface area (Å²) in [4.78, 5) is 24.0. The van der Waals surface area contributed by atoms with Crippen molar-refractivity contribution in [1.82, 2.24) is 4.98 Å². The first-order chi connectivity index (χ1) is 6.02. The fourth-order valence-electron chi connectivity index (χ4n) is 0.809. The molecule has 0 aliphatic rings. The third-order valence-corrected chi connectivity index (χ3v) is 1.47. The highest BCUT2D eigenvalue weighted by atomic mass is 16.6. The molecule has 0 bridgehead atoms. The third-order valence-electron chi connectivity index (χ3n) is 1.47. The van der Waals surface area contributed by atoms with Crippen molar-refractivity contribution < 1.29 is 9.72 Å². The van der Waals surface area contributed by atoms with Crippen molar-refractivity contribution in [2.75, 3.05) is 5.73 Å². The van der Waals surface area contributed by atoms with Crippen LogP contribution in [0.25, 0.3) is 0 Å². The number of nitrogens with zero attached hydrogens (tertiary/aromatic N) is 2. The number of anilines is 1. The Labute approximate surface area is 73.5 Å². The van der Waals surface area contributed by atoms with E-state index in [9.17, 15) is 14.9 Å². The average molecular weight is 181 g/mol. The third kappa shape index (κ3) is 1.78. The van der Waals surface area contributed by atoms with E-state index in [-0.39, 0.29) is 22.9 Å². The maximum absolute atomic E-state index is 10.8. The van der Waals surface area contributed by atoms with E-state index in [0.717, 1.165) is 6.20 Å². The lowest BCUT2D eigenvalue weighted by molar-refractivity contribution is -0.384. The van der Waals surface area contributed by atoms with Gasteiger partial charge < -0.3 is 5.73 Å². The lowest BCUT2D eigenvalue weighted by atomic mass is 10.2. The Kier molecular flexibility index (Phi) is 2.23. The Morgan fingerprint density at radius 2 is 2.31 bits per heavy atom. The Morgan fingerprint density at radius 3 is 2.69 bits per heavy atom. The molecule has 0 aliphatic heterocycles. The van der Waals surface area contributed by atoms with E-state index in [1.807, 2.05) is 0 Å². The summed E-state index contributed by atoms with van der Waals surface area (Å²) < 4.78 is 0. The van der Waals surface area contributed by atoms with E-state index < -0.39 is 4.92 Å². The summed E-state index contributed by atoms with van der Waals surface area (Å²) in [6.45, 7) is 1.31. The lowest BCUT2D eigenvalue weighted by Crippen LogP contribution is -2.02. The van der Waals surface area contributed by atoms with Crippen LogP contribution in [0.4, 0.5) is 11.4 Å². The molecule has 0 atom stereocenters. The Hall–Kier alpha value is -1.98. The number of carbonyl (C=O) groups excluding carboxylic acids is 1. The van der Waals surface area contributed by atoms with Crippen LogP contribution >= 0.6 is 0 Å². The minimum absolute atomic E-state index is 0.0507. The molecule has 1 heterocycles. The van der Waals surface area contributed by atoms with Gasteiger partial charge in [-0.2, -0.15) is 0 Å². The molecule has 1 aromatic rings. The van der Waals surface area contributed by atoms with Crippen LogP contribution in [0, 0.1) is 10.1 Å². The quantitative estimate of drug-likeness (QED) is 0.412. The van der Waals surface area contributed by atoms with Crippen LogP contribution in [0.5, 0.6) is 0 Å². The van der Waals surface area contributed by atoms with Gasteiger partial charge in [-0.25, -0.2) is 4.98 Å². The highest BCUT2D eigenvalue weighted by molar-refractivity contribution is 5.93. The fourth-order valence-corrected chi connectivity index (χ4v) is 0.809. The van der Waals surface area contributed by atoms with Gasteiger partial charge in [0.25, 0.3) is 0 Å². The lowest BCUT2D eigenvalue weighted by Gasteiger charge is -1.97. The zero-order chi connectivity index (χ0) is 10.0. The summed E-state index contributed by atoms with van der Waals surface area (Å²) >= 11 is 0. The molecule has 0 radical (unpaired) electrons. The van der Waals surface area contributed by atoms with Crippen molar-refractivity contribution in [3.05, 3.63) is 28.1 Å². The monoisotopic (exact) mass is 181 g/mol. The molecule has 0 amide bonds. The molecule has 1 rings (SSSR count). The number of Topliss-reactive ketones (excluding diaryl/α,β-unsaturated/α-hetero) is 1. The molecule has 0 aromatic carbocycles. The van der Waals surface area contributed by atoms with Crippen LogP contribution in [0.2, 0.25) is 0 Å². The van der Waals surface area contributed by atoms with Gasteiger partial charge in [0.15, 0.2) is 5.78 Å². The molecule has 2 N–H and O–H groups in total. The van der Waals surface area contributed by atoms with E-state index in [1.165, 1.54) is 13.0 Å². The molecular weight excluding hydrogens is 174 g/mol. The summed E-state index contributed by atoms with van der Waals surface area (Å²) in [6, 6.07) is 1.19. The Morgan fingerprint density at radius 1 is 1.69 bits per heavy atom. The fraction of sp³-hybridized carbons (Fsp3) is 0.143. The highest BCUT2D eigenvalue weighted by Crippen LogP contribution is 2.19. The zero-order valence-electron chi connectivity index (χ0n) is 6.85. The number of ketones is 1. The predicted octanol–water partition coefficient (Wildman–Crippen LogP) is 0.775. The molecule has 0 saturated heterocycles. The van der Waals surface area contributed by atoms with Gasteiger partial charge in [-0.1, -0.05) is 0 Å². The van der Waals surface area contributed by atoms with Crippen LogP contribution in [0.1, 0.15) is 17.4 Å². The van der Waals surface area contributed by atoms with Crippen molar-refractivity contribution in [2.24, 2.45) is 0 Å². The molecule has 13 heavy (non-hydrogen) atoms. The normalized spacial score (nSPS) is 9.62. The zero-order valence-corrected chi connectivity index (χ0v) is 6.85. The number of pyridine rings is 1. The first-order valence-electron chi connectivity index (χ1n) is 3.43. The first kappa shape index (κ1) is 9.11. The van der Waals surface area contributed by atoms with Gasteiger partial charge in [-0.3, -0.25) is 14.9 Å². The van der Waals surface area contributed by atoms with Crippen molar-refractivity contribution in [2.45, 2.75) is 6.92 Å². The van der Waals surface area contributed by atoms with Crippen LogP contribution in [0.15, 0.2) is 12.3 Å². The minimum atomic E-state index is -0.647. The second kappa shape index (κ2) is 3.18. The van der Waals surface area contributed by atoms with Gasteiger partial charge in [0.2, 0.25) is 0 Å². The summed E-state index contributed by atoms with van der Waals surface area (Å²) in [7, 11) is 0. The molecule has 0 aliphatic carbocycles. The van der Waals surface area contributed by atoms with Crippen molar-refractivity contribution in [3.8, 4) is 0 Å². The van der Waals surface area contributed by atoms with Crippen LogP contribution in [-0.2, 0) is 0 Å². The van der Waals surface area contributed by atoms with E-state index >= 15 is 0 Å². The molecular formula is C7H7N3O3. The van der Waals surface area contributed by atoms with Gasteiger partial charge in [0, 0.05) is 6.92 Å². The number of hydrogen-bond donors (Lipinski definition) is 1. The number of carbonyl (C=O) groups is 1. The van der Waals surface area contributed by atoms with E-state index in [4.69, 9.17) is 5.73 Å². The standard InChI is InChI=1S/C7H7N3O3/c1-4(11)6-2-5(8)7(3-9-6)10(12)13/h2-3H,1H3,(H2,8,9). The summed E-state index contributed by atoms with van der Waals surface area (Å²) in [5.41, 5.74) is 5.12. The summed E-state index contributed by atoms with van der Waals surface area (Å²) in [5.74, 6) is -0.276. The molecule has 1 aromatic heterocycles. The topological polar surface area (TPSA) is 99.1 Å². The smallest absolute Gasteiger partial charge is 0.310 e. The second-order valence-corrected chi connectivity index (χ2v) is 2.44. The summed E-state index contributed by atoms with van der Waals surface area (Å²) in [5, 5.41) is 10.3. The van der Waals surface area contributed by atoms with Gasteiger partial charge in [0.05, 0.1) is 4.92 Å². The predicted molar refractivity (Wildman–Crippen MR) is 45.3 cm³/mol. The van der Waals surface area contributed by atoms with Gasteiger partial charge >= 0.3 is 5.69 Å². The second-order valence-electron chi connectivity index (χ2n) is 2.44. The summed E-state index contributed by atoms with van der Waals surface area (Å²) in [6.07, 6.45) is 0.978. The molecule has 0 spiro atoms. The minimum Gasteiger partial charge on any atom is -0.393 e. The average Bonchev–Trinajstić information content (AvgIpc) is 2.03. The number of nitrogens with two attached hydrogens (primary N) is 1. The van der Waals surface area contributed by atoms with Crippen molar-refractivity contribution in [1.29, 1.82) is 0 Å². The van der Waals surface area contributed by atoms with Gasteiger partial charge in [0.1, 0.15) is 17.6 Å². The molecule has 6 nitrogen and oxygen atoms in total. The number of aromatic nitrogens is 1. The number of nitrogen functional groups attached to an aromatic ring is 1. The van der Waals surface area contributed by atoms with E-state index in [2.05, 4.69) is 4.98 Å². The highest BCUT2D eigenvalue weighted by Gasteiger charge is 2.13. The van der Waals surface area contributed by atoms with Gasteiger partial charge in [-0.15, -0.1) is 0 Å². The molecule has 6 heteroatoms. The van der Waals surface area contributed by atoms with Crippen LogP contribution < -0.4 is 5.73 Å². The number of rotatable bonds is 2. The molecule has 68 valence electrons. The van der Waals surface area contributed by atoms with Crippen molar-refractivity contribution in [3.63, 3.8) is 0 Å². The maximum Gasteiger partial charge on any atom is 0.310 e. The van der Waals surface area contributed by atoms with E-state index in [1.54, 1.807) is 0 Å². The van der Waals surface area contributed by atoms with Crippen LogP contribution in [-0.4, -0.2) is 15.7 Å². The first-order valence-corrected chi connectivity index (χ1v) is 3.43. The maximum atomic E-state index is 10.8. The van der Waals surface area contributed by atoms with Gasteiger partial charge in [-0.05, 0) is 6.07 Å². The Balaban J connectivity index is 3.20. The number of nitro groups is 1. The SMILES string of the molecule is CC(=O)c1cc(N)c([N+](=O)[O-])cn1. The van der Waals surface area contributed by atoms with Crippen molar-refractivity contribution >= 4 is 17.2 Å². The molecule has 0 fully saturated rings. The molecule has 0 unspecified atom stereocenters. The number of hydrogen-bond acceptors (Lipinski definition) is 5. The van der Waals surface area contributed by atoms with Crippen LogP contribution in [0.3, 0.4) is 0 Å². The molecule has 0 saturated carbocycles. The largest absolute Gasteiger partial charge is 0.393 e. The Bertz CT molecular complexity index is 375. The van der Waals surface area contributed by atoms with E-state index in [0.29, 0.717) is 0 Å².